The van der Waals surface area contributed by atoms with Crippen molar-refractivity contribution >= 4 is 32.9 Å². The Morgan fingerprint density at radius 1 is 1.38 bits per heavy atom. The lowest BCUT2D eigenvalue weighted by Gasteiger charge is -2.05. The smallest absolute Gasteiger partial charge is 0.303 e. The molecule has 7 heteroatoms. The van der Waals surface area contributed by atoms with Crippen molar-refractivity contribution < 1.29 is 18.4 Å². The molecule has 1 aromatic carbocycles. The molecule has 3 aromatic rings. The number of carbonyl (C=O) groups excluding carboxylic acids is 1. The van der Waals surface area contributed by atoms with Gasteiger partial charge in [-0.2, -0.15) is 0 Å². The van der Waals surface area contributed by atoms with Crippen LogP contribution in [0.25, 0.3) is 22.4 Å². The van der Waals surface area contributed by atoms with Gasteiger partial charge in [-0.15, -0.1) is 10.2 Å². The standard InChI is InChI=1S/C14H11BrN2O4/c1-7(20-8(2)18)13-16-17-14(21-13)9-3-4-12-10(5-9)11(15)6-19-12/h3-7H,1-2H3. The molecule has 0 radical (unpaired) electrons. The van der Waals surface area contributed by atoms with Crippen LogP contribution >= 0.6 is 15.9 Å². The fraction of sp³-hybridized carbons (Fsp3) is 0.214. The van der Waals surface area contributed by atoms with Gasteiger partial charge in [0, 0.05) is 17.9 Å². The average molecular weight is 351 g/mol. The lowest BCUT2D eigenvalue weighted by molar-refractivity contribution is -0.146. The second-order valence-corrected chi connectivity index (χ2v) is 5.35. The van der Waals surface area contributed by atoms with Gasteiger partial charge in [0.25, 0.3) is 5.89 Å². The largest absolute Gasteiger partial charge is 0.463 e. The van der Waals surface area contributed by atoms with Gasteiger partial charge in [0.2, 0.25) is 5.89 Å². The molecule has 0 aliphatic carbocycles. The molecule has 0 aliphatic heterocycles. The van der Waals surface area contributed by atoms with Crippen LogP contribution in [0, 0.1) is 0 Å². The zero-order chi connectivity index (χ0) is 15.0. The van der Waals surface area contributed by atoms with E-state index >= 15 is 0 Å². The Morgan fingerprint density at radius 2 is 2.19 bits per heavy atom. The van der Waals surface area contributed by atoms with Crippen LogP contribution in [0.1, 0.15) is 25.8 Å². The van der Waals surface area contributed by atoms with E-state index in [-0.39, 0.29) is 5.89 Å². The van der Waals surface area contributed by atoms with Crippen LogP contribution in [-0.2, 0) is 9.53 Å². The number of esters is 1. The third-order valence-electron chi connectivity index (χ3n) is 2.90. The Kier molecular flexibility index (Phi) is 3.50. The number of nitrogens with zero attached hydrogens (tertiary/aromatic N) is 2. The molecule has 0 amide bonds. The third-order valence-corrected chi connectivity index (χ3v) is 3.52. The molecule has 0 spiro atoms. The fourth-order valence-corrected chi connectivity index (χ4v) is 2.35. The molecule has 0 saturated carbocycles. The van der Waals surface area contributed by atoms with Gasteiger partial charge in [-0.1, -0.05) is 0 Å². The van der Waals surface area contributed by atoms with E-state index in [1.807, 2.05) is 18.2 Å². The van der Waals surface area contributed by atoms with Gasteiger partial charge in [0.1, 0.15) is 11.8 Å². The minimum absolute atomic E-state index is 0.256. The molecular weight excluding hydrogens is 340 g/mol. The van der Waals surface area contributed by atoms with Gasteiger partial charge < -0.3 is 13.6 Å². The number of furan rings is 1. The molecule has 1 atom stereocenters. The van der Waals surface area contributed by atoms with Crippen molar-refractivity contribution in [2.24, 2.45) is 0 Å². The van der Waals surface area contributed by atoms with E-state index in [1.165, 1.54) is 6.92 Å². The summed E-state index contributed by atoms with van der Waals surface area (Å²) >= 11 is 3.41. The van der Waals surface area contributed by atoms with Crippen LogP contribution in [-0.4, -0.2) is 16.2 Å². The van der Waals surface area contributed by atoms with Crippen molar-refractivity contribution in [3.05, 3.63) is 34.8 Å². The molecule has 6 nitrogen and oxygen atoms in total. The Labute approximate surface area is 128 Å². The van der Waals surface area contributed by atoms with Crippen molar-refractivity contribution in [1.29, 1.82) is 0 Å². The summed E-state index contributed by atoms with van der Waals surface area (Å²) in [5, 5.41) is 8.81. The van der Waals surface area contributed by atoms with Crippen molar-refractivity contribution in [2.75, 3.05) is 0 Å². The van der Waals surface area contributed by atoms with Gasteiger partial charge in [0.05, 0.1) is 4.47 Å². The predicted molar refractivity (Wildman–Crippen MR) is 77.4 cm³/mol. The predicted octanol–water partition coefficient (Wildman–Crippen LogP) is 3.87. The van der Waals surface area contributed by atoms with E-state index < -0.39 is 12.1 Å². The fourth-order valence-electron chi connectivity index (χ4n) is 1.95. The summed E-state index contributed by atoms with van der Waals surface area (Å²) in [5.41, 5.74) is 1.53. The molecule has 1 unspecified atom stereocenters. The van der Waals surface area contributed by atoms with E-state index in [4.69, 9.17) is 13.6 Å². The molecule has 21 heavy (non-hydrogen) atoms. The molecule has 0 bridgehead atoms. The molecular formula is C14H11BrN2O4. The highest BCUT2D eigenvalue weighted by atomic mass is 79.9. The first-order valence-electron chi connectivity index (χ1n) is 6.22. The first kappa shape index (κ1) is 13.8. The van der Waals surface area contributed by atoms with E-state index in [9.17, 15) is 4.79 Å². The van der Waals surface area contributed by atoms with Gasteiger partial charge in [-0.05, 0) is 41.1 Å². The number of carbonyl (C=O) groups is 1. The molecule has 0 aliphatic rings. The van der Waals surface area contributed by atoms with Crippen LogP contribution in [0.2, 0.25) is 0 Å². The third kappa shape index (κ3) is 2.69. The number of halogens is 1. The van der Waals surface area contributed by atoms with Crippen LogP contribution in [0.4, 0.5) is 0 Å². The van der Waals surface area contributed by atoms with Gasteiger partial charge in [-0.25, -0.2) is 0 Å². The Balaban J connectivity index is 1.93. The number of rotatable bonds is 3. The zero-order valence-corrected chi connectivity index (χ0v) is 12.9. The lowest BCUT2D eigenvalue weighted by atomic mass is 10.1. The van der Waals surface area contributed by atoms with Crippen molar-refractivity contribution in [1.82, 2.24) is 10.2 Å². The number of aromatic nitrogens is 2. The summed E-state index contributed by atoms with van der Waals surface area (Å²) < 4.78 is 16.8. The Hall–Kier alpha value is -2.15. The maximum atomic E-state index is 10.9. The summed E-state index contributed by atoms with van der Waals surface area (Å²) in [4.78, 5) is 10.9. The van der Waals surface area contributed by atoms with E-state index in [0.29, 0.717) is 5.89 Å². The number of fused-ring (bicyclic) bond motifs is 1. The van der Waals surface area contributed by atoms with Gasteiger partial charge in [0.15, 0.2) is 6.10 Å². The van der Waals surface area contributed by atoms with Crippen molar-refractivity contribution in [3.63, 3.8) is 0 Å². The van der Waals surface area contributed by atoms with Crippen molar-refractivity contribution in [3.8, 4) is 11.5 Å². The van der Waals surface area contributed by atoms with E-state index in [0.717, 1.165) is 21.0 Å². The average Bonchev–Trinajstić information content (AvgIpc) is 3.05. The first-order chi connectivity index (χ1) is 10.0. The lowest BCUT2D eigenvalue weighted by Crippen LogP contribution is -2.04. The Morgan fingerprint density at radius 3 is 2.95 bits per heavy atom. The van der Waals surface area contributed by atoms with Crippen LogP contribution in [0.5, 0.6) is 0 Å². The molecule has 3 rings (SSSR count). The van der Waals surface area contributed by atoms with Crippen LogP contribution in [0.3, 0.4) is 0 Å². The zero-order valence-electron chi connectivity index (χ0n) is 11.3. The molecule has 0 N–H and O–H groups in total. The molecule has 108 valence electrons. The molecule has 0 saturated heterocycles. The first-order valence-corrected chi connectivity index (χ1v) is 7.01. The highest BCUT2D eigenvalue weighted by Gasteiger charge is 2.18. The number of ether oxygens (including phenoxy) is 1. The maximum absolute atomic E-state index is 10.9. The van der Waals surface area contributed by atoms with Gasteiger partial charge in [-0.3, -0.25) is 4.79 Å². The minimum atomic E-state index is -0.576. The second kappa shape index (κ2) is 5.33. The van der Waals surface area contributed by atoms with Crippen LogP contribution < -0.4 is 0 Å². The minimum Gasteiger partial charge on any atom is -0.463 e. The highest BCUT2D eigenvalue weighted by Crippen LogP contribution is 2.30. The summed E-state index contributed by atoms with van der Waals surface area (Å²) in [5.74, 6) is 0.219. The van der Waals surface area contributed by atoms with E-state index in [2.05, 4.69) is 26.1 Å². The summed E-state index contributed by atoms with van der Waals surface area (Å²) in [7, 11) is 0. The molecule has 2 heterocycles. The summed E-state index contributed by atoms with van der Waals surface area (Å²) in [6.07, 6.45) is 1.05. The Bertz CT molecular complexity index is 808. The maximum Gasteiger partial charge on any atom is 0.303 e. The quantitative estimate of drug-likeness (QED) is 0.667. The number of hydrogen-bond acceptors (Lipinski definition) is 6. The molecule has 2 aromatic heterocycles. The SMILES string of the molecule is CC(=O)OC(C)c1nnc(-c2ccc3occ(Br)c3c2)o1. The molecule has 0 fully saturated rings. The number of benzene rings is 1. The summed E-state index contributed by atoms with van der Waals surface area (Å²) in [6, 6.07) is 5.54. The topological polar surface area (TPSA) is 78.4 Å². The number of hydrogen-bond donors (Lipinski definition) is 0. The summed E-state index contributed by atoms with van der Waals surface area (Å²) in [6.45, 7) is 3.01. The van der Waals surface area contributed by atoms with Crippen molar-refractivity contribution in [2.45, 2.75) is 20.0 Å². The van der Waals surface area contributed by atoms with Gasteiger partial charge >= 0.3 is 5.97 Å². The normalized spacial score (nSPS) is 12.5. The van der Waals surface area contributed by atoms with Crippen LogP contribution in [0.15, 0.2) is 37.8 Å². The monoisotopic (exact) mass is 350 g/mol. The van der Waals surface area contributed by atoms with E-state index in [1.54, 1.807) is 13.2 Å². The second-order valence-electron chi connectivity index (χ2n) is 4.49. The highest BCUT2D eigenvalue weighted by molar-refractivity contribution is 9.10.